The fraction of sp³-hybridized carbons (Fsp3) is 0.185. The second-order valence-corrected chi connectivity index (χ2v) is 8.21. The Balaban J connectivity index is 2.16. The molecule has 0 amide bonds. The number of carbonyl (C=O) groups is 2. The molecule has 1 aromatic carbocycles. The Morgan fingerprint density at radius 1 is 1.24 bits per heavy atom. The Morgan fingerprint density at radius 2 is 1.97 bits per heavy atom. The van der Waals surface area contributed by atoms with E-state index in [9.17, 15) is 24.6 Å². The zero-order valence-corrected chi connectivity index (χ0v) is 20.8. The predicted molar refractivity (Wildman–Crippen MR) is 140 cm³/mol. The number of anilines is 1. The van der Waals surface area contributed by atoms with Crippen LogP contribution in [-0.4, -0.2) is 57.5 Å². The maximum Gasteiger partial charge on any atom is 0.339 e. The van der Waals surface area contributed by atoms with Gasteiger partial charge in [-0.3, -0.25) is 9.59 Å². The standard InChI is InChI=1S/C27H24N4O7/c1-16-19(8-5-7-17-10-11-18(30(3)4)15-21(17)38-14-12-22(32)33)25(34)31(26(35)23(16)28-2)24-20(27(36)37)9-6-13-29-24/h6-11,13,15,35H,12,14H2,1,3-4H3,(H,32,33)(H,36,37). The van der Waals surface area contributed by atoms with Crippen molar-refractivity contribution in [1.29, 1.82) is 0 Å². The quantitative estimate of drug-likeness (QED) is 0.286. The molecule has 0 saturated carbocycles. The van der Waals surface area contributed by atoms with Crippen LogP contribution in [0.5, 0.6) is 11.6 Å². The average molecular weight is 517 g/mol. The van der Waals surface area contributed by atoms with E-state index in [2.05, 4.69) is 15.6 Å². The summed E-state index contributed by atoms with van der Waals surface area (Å²) in [7, 11) is 3.69. The van der Waals surface area contributed by atoms with Gasteiger partial charge in [0.05, 0.1) is 19.6 Å². The van der Waals surface area contributed by atoms with Gasteiger partial charge < -0.3 is 25.0 Å². The van der Waals surface area contributed by atoms with Gasteiger partial charge in [0.2, 0.25) is 11.6 Å². The molecule has 0 fully saturated rings. The summed E-state index contributed by atoms with van der Waals surface area (Å²) >= 11 is 0. The zero-order valence-electron chi connectivity index (χ0n) is 20.8. The summed E-state index contributed by atoms with van der Waals surface area (Å²) in [5, 5.41) is 29.1. The number of benzene rings is 1. The number of aromatic carboxylic acids is 1. The third-order valence-corrected chi connectivity index (χ3v) is 5.51. The van der Waals surface area contributed by atoms with Crippen molar-refractivity contribution in [2.45, 2.75) is 13.3 Å². The fourth-order valence-corrected chi connectivity index (χ4v) is 3.53. The lowest BCUT2D eigenvalue weighted by molar-refractivity contribution is -0.137. The lowest BCUT2D eigenvalue weighted by Gasteiger charge is -2.15. The summed E-state index contributed by atoms with van der Waals surface area (Å²) in [5.41, 5.74) is 3.05. The smallest absolute Gasteiger partial charge is 0.339 e. The first-order valence-electron chi connectivity index (χ1n) is 11.2. The van der Waals surface area contributed by atoms with Crippen molar-refractivity contribution in [2.75, 3.05) is 25.6 Å². The van der Waals surface area contributed by atoms with E-state index in [0.29, 0.717) is 15.9 Å². The monoisotopic (exact) mass is 516 g/mol. The predicted octanol–water partition coefficient (Wildman–Crippen LogP) is 3.74. The maximum absolute atomic E-state index is 13.4. The van der Waals surface area contributed by atoms with Crippen LogP contribution < -0.4 is 15.2 Å². The number of carboxylic acids is 2. The molecule has 0 saturated heterocycles. The van der Waals surface area contributed by atoms with Crippen LogP contribution in [0.3, 0.4) is 0 Å². The molecule has 2 aromatic heterocycles. The van der Waals surface area contributed by atoms with Crippen LogP contribution in [0, 0.1) is 13.5 Å². The highest BCUT2D eigenvalue weighted by Crippen LogP contribution is 2.33. The summed E-state index contributed by atoms with van der Waals surface area (Å²) in [6, 6.07) is 7.90. The molecule has 0 bridgehead atoms. The van der Waals surface area contributed by atoms with Gasteiger partial charge in [-0.2, -0.15) is 0 Å². The summed E-state index contributed by atoms with van der Waals surface area (Å²) in [5.74, 6) is -3.02. The van der Waals surface area contributed by atoms with Crippen molar-refractivity contribution in [3.05, 3.63) is 86.3 Å². The molecule has 0 aliphatic heterocycles. The Morgan fingerprint density at radius 3 is 2.61 bits per heavy atom. The number of aromatic hydroxyl groups is 1. The first-order chi connectivity index (χ1) is 18.1. The number of carboxylic acid groups (broad SMARTS) is 2. The fourth-order valence-electron chi connectivity index (χ4n) is 3.53. The third kappa shape index (κ3) is 5.73. The lowest BCUT2D eigenvalue weighted by Crippen LogP contribution is -2.24. The summed E-state index contributed by atoms with van der Waals surface area (Å²) in [6.07, 6.45) is 3.91. The molecule has 3 N–H and O–H groups in total. The molecule has 3 rings (SSSR count). The third-order valence-electron chi connectivity index (χ3n) is 5.51. The molecule has 0 atom stereocenters. The molecule has 3 aromatic rings. The van der Waals surface area contributed by atoms with Crippen molar-refractivity contribution in [3.8, 4) is 17.4 Å². The van der Waals surface area contributed by atoms with Gasteiger partial charge in [0, 0.05) is 43.2 Å². The summed E-state index contributed by atoms with van der Waals surface area (Å²) in [4.78, 5) is 45.1. The van der Waals surface area contributed by atoms with E-state index in [-0.39, 0.29) is 41.2 Å². The van der Waals surface area contributed by atoms with E-state index in [1.807, 2.05) is 25.1 Å². The average Bonchev–Trinajstić information content (AvgIpc) is 2.86. The highest BCUT2D eigenvalue weighted by molar-refractivity contribution is 5.91. The normalized spacial score (nSPS) is 10.2. The van der Waals surface area contributed by atoms with E-state index in [0.717, 1.165) is 5.69 Å². The van der Waals surface area contributed by atoms with Gasteiger partial charge >= 0.3 is 11.9 Å². The Hall–Kier alpha value is -5.33. The van der Waals surface area contributed by atoms with E-state index in [1.54, 1.807) is 12.1 Å². The minimum absolute atomic E-state index is 0.00898. The molecule has 11 heteroatoms. The van der Waals surface area contributed by atoms with E-state index < -0.39 is 23.4 Å². The van der Waals surface area contributed by atoms with Gasteiger partial charge in [-0.1, -0.05) is 0 Å². The van der Waals surface area contributed by atoms with E-state index in [1.165, 1.54) is 37.4 Å². The molecule has 194 valence electrons. The van der Waals surface area contributed by atoms with E-state index >= 15 is 0 Å². The number of hydrogen-bond acceptors (Lipinski definition) is 7. The molecule has 0 spiro atoms. The van der Waals surface area contributed by atoms with Crippen molar-refractivity contribution < 1.29 is 29.6 Å². The van der Waals surface area contributed by atoms with Gasteiger partial charge in [-0.05, 0) is 48.9 Å². The largest absolute Gasteiger partial charge is 0.502 e. The summed E-state index contributed by atoms with van der Waals surface area (Å²) in [6.45, 7) is 8.92. The number of hydrogen-bond donors (Lipinski definition) is 3. The van der Waals surface area contributed by atoms with Crippen LogP contribution in [0.2, 0.25) is 0 Å². The van der Waals surface area contributed by atoms with Gasteiger partial charge in [0.25, 0.3) is 5.56 Å². The van der Waals surface area contributed by atoms with Crippen LogP contribution in [0.15, 0.2) is 47.1 Å². The SMILES string of the molecule is [C-]#[N+]c1c(C)c(C=C=Cc2ccc(N(C)C)cc2OCCC(=O)O)c(=O)n(-c2ncccc2C(=O)O)c1O. The van der Waals surface area contributed by atoms with Crippen LogP contribution in [0.1, 0.15) is 33.5 Å². The number of rotatable bonds is 9. The van der Waals surface area contributed by atoms with Crippen LogP contribution in [0.25, 0.3) is 22.8 Å². The van der Waals surface area contributed by atoms with Gasteiger partial charge in [0.1, 0.15) is 11.3 Å². The van der Waals surface area contributed by atoms with Crippen molar-refractivity contribution in [1.82, 2.24) is 9.55 Å². The molecule has 0 aliphatic rings. The Kier molecular flexibility index (Phi) is 8.32. The molecule has 38 heavy (non-hydrogen) atoms. The number of pyridine rings is 2. The molecular weight excluding hydrogens is 492 g/mol. The van der Waals surface area contributed by atoms with Crippen LogP contribution in [0.4, 0.5) is 11.4 Å². The van der Waals surface area contributed by atoms with Crippen molar-refractivity contribution in [3.63, 3.8) is 0 Å². The number of ether oxygens (including phenoxy) is 1. The minimum Gasteiger partial charge on any atom is -0.502 e. The van der Waals surface area contributed by atoms with Gasteiger partial charge in [-0.15, -0.1) is 5.73 Å². The Labute approximate surface area is 217 Å². The molecule has 0 aliphatic carbocycles. The number of aromatic nitrogens is 2. The molecular formula is C27H24N4O7. The highest BCUT2D eigenvalue weighted by Gasteiger charge is 2.23. The van der Waals surface area contributed by atoms with Crippen molar-refractivity contribution in [2.24, 2.45) is 0 Å². The van der Waals surface area contributed by atoms with Crippen LogP contribution >= 0.6 is 0 Å². The molecule has 0 unspecified atom stereocenters. The molecule has 11 nitrogen and oxygen atoms in total. The lowest BCUT2D eigenvalue weighted by atomic mass is 10.1. The van der Waals surface area contributed by atoms with Gasteiger partial charge in [-0.25, -0.2) is 19.2 Å². The molecule has 2 heterocycles. The van der Waals surface area contributed by atoms with E-state index in [4.69, 9.17) is 16.4 Å². The Bertz CT molecular complexity index is 1580. The second-order valence-electron chi connectivity index (χ2n) is 8.21. The first kappa shape index (κ1) is 27.3. The van der Waals surface area contributed by atoms with Crippen molar-refractivity contribution >= 4 is 35.5 Å². The summed E-state index contributed by atoms with van der Waals surface area (Å²) < 4.78 is 6.34. The minimum atomic E-state index is -1.36. The first-order valence-corrected chi connectivity index (χ1v) is 11.2. The number of aliphatic carboxylic acids is 1. The van der Waals surface area contributed by atoms with Gasteiger partial charge in [0.15, 0.2) is 5.82 Å². The van der Waals surface area contributed by atoms with Crippen LogP contribution in [-0.2, 0) is 4.79 Å². The maximum atomic E-state index is 13.4. The molecule has 0 radical (unpaired) electrons. The highest BCUT2D eigenvalue weighted by atomic mass is 16.5. The second kappa shape index (κ2) is 11.6. The number of nitrogens with zero attached hydrogens (tertiary/aromatic N) is 4. The zero-order chi connectivity index (χ0) is 28.0. The topological polar surface area (TPSA) is 147 Å².